The van der Waals surface area contributed by atoms with Crippen molar-refractivity contribution in [1.82, 2.24) is 4.98 Å². The number of alkyl halides is 1. The summed E-state index contributed by atoms with van der Waals surface area (Å²) >= 11 is 5.97. The zero-order valence-corrected chi connectivity index (χ0v) is 11.0. The first-order valence-electron chi connectivity index (χ1n) is 5.88. The molecule has 0 bridgehead atoms. The molecular formula is C13H19ClN2. The van der Waals surface area contributed by atoms with E-state index in [2.05, 4.69) is 29.8 Å². The molecule has 88 valence electrons. The van der Waals surface area contributed by atoms with E-state index in [1.54, 1.807) is 0 Å². The third-order valence-electron chi connectivity index (χ3n) is 3.57. The Labute approximate surface area is 103 Å². The van der Waals surface area contributed by atoms with Crippen molar-refractivity contribution in [2.24, 2.45) is 11.8 Å². The van der Waals surface area contributed by atoms with E-state index >= 15 is 0 Å². The van der Waals surface area contributed by atoms with Crippen molar-refractivity contribution in [3.05, 3.63) is 23.5 Å². The largest absolute Gasteiger partial charge is 0.371 e. The predicted molar refractivity (Wildman–Crippen MR) is 69.1 cm³/mol. The molecule has 0 radical (unpaired) electrons. The van der Waals surface area contributed by atoms with E-state index in [4.69, 9.17) is 11.6 Å². The Balaban J connectivity index is 2.29. The van der Waals surface area contributed by atoms with E-state index in [1.807, 2.05) is 13.1 Å². The van der Waals surface area contributed by atoms with Gasteiger partial charge in [0, 0.05) is 36.2 Å². The number of aromatic nitrogens is 1. The van der Waals surface area contributed by atoms with E-state index in [0.29, 0.717) is 5.88 Å². The Morgan fingerprint density at radius 3 is 2.56 bits per heavy atom. The first kappa shape index (κ1) is 11.7. The van der Waals surface area contributed by atoms with Crippen LogP contribution >= 0.6 is 11.6 Å². The van der Waals surface area contributed by atoms with Crippen molar-refractivity contribution < 1.29 is 0 Å². The molecule has 3 heteroatoms. The van der Waals surface area contributed by atoms with Crippen molar-refractivity contribution in [1.29, 1.82) is 0 Å². The molecule has 1 aliphatic rings. The molecule has 1 aromatic heterocycles. The molecule has 16 heavy (non-hydrogen) atoms. The summed E-state index contributed by atoms with van der Waals surface area (Å²) in [5.41, 5.74) is 3.49. The van der Waals surface area contributed by atoms with E-state index in [1.165, 1.54) is 5.69 Å². The topological polar surface area (TPSA) is 16.1 Å². The minimum absolute atomic E-state index is 0.544. The predicted octanol–water partition coefficient (Wildman–Crippen LogP) is 3.22. The maximum atomic E-state index is 5.97. The standard InChI is InChI=1S/C13H19ClN2/c1-9-7-16(8-10(9)2)13-4-11(3)15-6-12(13)5-14/h4,6,9-10H,5,7-8H2,1-3H3. The molecule has 0 aromatic carbocycles. The van der Waals surface area contributed by atoms with Gasteiger partial charge in [0.1, 0.15) is 0 Å². The average Bonchev–Trinajstić information content (AvgIpc) is 2.59. The molecule has 0 saturated carbocycles. The smallest absolute Gasteiger partial charge is 0.0509 e. The molecule has 2 unspecified atom stereocenters. The molecule has 0 amide bonds. The van der Waals surface area contributed by atoms with Gasteiger partial charge in [0.2, 0.25) is 0 Å². The van der Waals surface area contributed by atoms with Crippen molar-refractivity contribution in [2.45, 2.75) is 26.7 Å². The highest BCUT2D eigenvalue weighted by Crippen LogP contribution is 2.30. The molecule has 2 nitrogen and oxygen atoms in total. The minimum atomic E-state index is 0.544. The van der Waals surface area contributed by atoms with Crippen LogP contribution in [0.15, 0.2) is 12.3 Å². The maximum Gasteiger partial charge on any atom is 0.0509 e. The highest BCUT2D eigenvalue weighted by atomic mass is 35.5. The Bertz CT molecular complexity index is 368. The lowest BCUT2D eigenvalue weighted by Gasteiger charge is -2.21. The van der Waals surface area contributed by atoms with E-state index in [-0.39, 0.29) is 0 Å². The van der Waals surface area contributed by atoms with Gasteiger partial charge in [0.05, 0.1) is 5.88 Å². The van der Waals surface area contributed by atoms with E-state index in [0.717, 1.165) is 36.2 Å². The number of hydrogen-bond donors (Lipinski definition) is 0. The average molecular weight is 239 g/mol. The minimum Gasteiger partial charge on any atom is -0.371 e. The van der Waals surface area contributed by atoms with Crippen molar-refractivity contribution in [2.75, 3.05) is 18.0 Å². The number of hydrogen-bond acceptors (Lipinski definition) is 2. The van der Waals surface area contributed by atoms with Gasteiger partial charge in [-0.2, -0.15) is 0 Å². The summed E-state index contributed by atoms with van der Waals surface area (Å²) in [7, 11) is 0. The van der Waals surface area contributed by atoms with Gasteiger partial charge in [0.15, 0.2) is 0 Å². The van der Waals surface area contributed by atoms with Crippen LogP contribution in [0.5, 0.6) is 0 Å². The quantitative estimate of drug-likeness (QED) is 0.736. The van der Waals surface area contributed by atoms with Gasteiger partial charge in [-0.15, -0.1) is 11.6 Å². The first-order chi connectivity index (χ1) is 7.61. The summed E-state index contributed by atoms with van der Waals surface area (Å²) in [4.78, 5) is 6.76. The number of nitrogens with zero attached hydrogens (tertiary/aromatic N) is 2. The second-order valence-electron chi connectivity index (χ2n) is 4.95. The van der Waals surface area contributed by atoms with E-state index < -0.39 is 0 Å². The summed E-state index contributed by atoms with van der Waals surface area (Å²) in [6.45, 7) is 8.94. The first-order valence-corrected chi connectivity index (χ1v) is 6.41. The van der Waals surface area contributed by atoms with Gasteiger partial charge in [0.25, 0.3) is 0 Å². The second kappa shape index (κ2) is 4.62. The normalized spacial score (nSPS) is 25.1. The molecule has 2 atom stereocenters. The summed E-state index contributed by atoms with van der Waals surface area (Å²) in [6.07, 6.45) is 1.91. The molecule has 1 aliphatic heterocycles. The highest BCUT2D eigenvalue weighted by molar-refractivity contribution is 6.17. The number of halogens is 1. The van der Waals surface area contributed by atoms with Gasteiger partial charge in [-0.3, -0.25) is 4.98 Å². The SMILES string of the molecule is Cc1cc(N2CC(C)C(C)C2)c(CCl)cn1. The van der Waals surface area contributed by atoms with Gasteiger partial charge in [-0.05, 0) is 24.8 Å². The van der Waals surface area contributed by atoms with Crippen LogP contribution in [-0.4, -0.2) is 18.1 Å². The second-order valence-corrected chi connectivity index (χ2v) is 5.21. The summed E-state index contributed by atoms with van der Waals surface area (Å²) in [6, 6.07) is 2.16. The van der Waals surface area contributed by atoms with Crippen molar-refractivity contribution in [3.8, 4) is 0 Å². The Morgan fingerprint density at radius 1 is 1.38 bits per heavy atom. The molecule has 2 rings (SSSR count). The van der Waals surface area contributed by atoms with Crippen LogP contribution in [0.3, 0.4) is 0 Å². The fourth-order valence-corrected chi connectivity index (χ4v) is 2.50. The van der Waals surface area contributed by atoms with Crippen LogP contribution in [-0.2, 0) is 5.88 Å². The Morgan fingerprint density at radius 2 is 2.00 bits per heavy atom. The van der Waals surface area contributed by atoms with Crippen LogP contribution in [0, 0.1) is 18.8 Å². The molecule has 2 heterocycles. The van der Waals surface area contributed by atoms with Crippen LogP contribution in [0.2, 0.25) is 0 Å². The zero-order valence-electron chi connectivity index (χ0n) is 10.2. The van der Waals surface area contributed by atoms with Crippen LogP contribution in [0.25, 0.3) is 0 Å². The van der Waals surface area contributed by atoms with Gasteiger partial charge in [-0.1, -0.05) is 13.8 Å². The Hall–Kier alpha value is -0.760. The van der Waals surface area contributed by atoms with Crippen LogP contribution in [0.4, 0.5) is 5.69 Å². The van der Waals surface area contributed by atoms with Crippen molar-refractivity contribution in [3.63, 3.8) is 0 Å². The molecule has 1 aromatic rings. The molecule has 0 N–H and O–H groups in total. The molecule has 0 spiro atoms. The number of rotatable bonds is 2. The van der Waals surface area contributed by atoms with E-state index in [9.17, 15) is 0 Å². The molecular weight excluding hydrogens is 220 g/mol. The third kappa shape index (κ3) is 2.17. The number of pyridine rings is 1. The summed E-state index contributed by atoms with van der Waals surface area (Å²) in [5, 5.41) is 0. The lowest BCUT2D eigenvalue weighted by molar-refractivity contribution is 0.494. The fourth-order valence-electron chi connectivity index (χ4n) is 2.30. The highest BCUT2D eigenvalue weighted by Gasteiger charge is 2.27. The summed E-state index contributed by atoms with van der Waals surface area (Å²) in [5.74, 6) is 2.07. The number of anilines is 1. The van der Waals surface area contributed by atoms with Crippen LogP contribution < -0.4 is 4.90 Å². The van der Waals surface area contributed by atoms with Crippen LogP contribution in [0.1, 0.15) is 25.1 Å². The molecule has 1 saturated heterocycles. The summed E-state index contributed by atoms with van der Waals surface area (Å²) < 4.78 is 0. The van der Waals surface area contributed by atoms with Gasteiger partial charge < -0.3 is 4.90 Å². The fraction of sp³-hybridized carbons (Fsp3) is 0.615. The van der Waals surface area contributed by atoms with Crippen molar-refractivity contribution >= 4 is 17.3 Å². The van der Waals surface area contributed by atoms with Gasteiger partial charge in [-0.25, -0.2) is 0 Å². The number of aryl methyl sites for hydroxylation is 1. The lowest BCUT2D eigenvalue weighted by Crippen LogP contribution is -2.21. The maximum absolute atomic E-state index is 5.97. The monoisotopic (exact) mass is 238 g/mol. The molecule has 1 fully saturated rings. The molecule has 0 aliphatic carbocycles. The van der Waals surface area contributed by atoms with Gasteiger partial charge >= 0.3 is 0 Å². The lowest BCUT2D eigenvalue weighted by atomic mass is 10.0. The zero-order chi connectivity index (χ0) is 11.7. The Kier molecular flexibility index (Phi) is 3.38. The third-order valence-corrected chi connectivity index (χ3v) is 3.86.